The van der Waals surface area contributed by atoms with Gasteiger partial charge in [-0.2, -0.15) is 0 Å². The number of pyridine rings is 1. The number of thioether (sulfide) groups is 1. The van der Waals surface area contributed by atoms with Crippen LogP contribution in [0.3, 0.4) is 0 Å². The molecule has 0 fully saturated rings. The minimum absolute atomic E-state index is 0.0619. The zero-order valence-corrected chi connectivity index (χ0v) is 17.6. The number of nitrogens with one attached hydrogen (secondary N) is 2. The first-order valence-corrected chi connectivity index (χ1v) is 10.0. The van der Waals surface area contributed by atoms with E-state index in [0.717, 1.165) is 0 Å². The molecule has 3 rings (SSSR count). The average Bonchev–Trinajstić information content (AvgIpc) is 3.08. The fourth-order valence-corrected chi connectivity index (χ4v) is 3.35. The van der Waals surface area contributed by atoms with Crippen molar-refractivity contribution >= 4 is 35.0 Å². The van der Waals surface area contributed by atoms with Crippen LogP contribution in [0, 0.1) is 0 Å². The number of anilines is 2. The first kappa shape index (κ1) is 21.3. The number of hydrogen-bond acceptors (Lipinski definition) is 7. The Kier molecular flexibility index (Phi) is 7.02. The molecule has 9 nitrogen and oxygen atoms in total. The Morgan fingerprint density at radius 2 is 1.90 bits per heavy atom. The summed E-state index contributed by atoms with van der Waals surface area (Å²) in [5, 5.41) is 14.0. The number of carbonyl (C=O) groups excluding carboxylic acids is 2. The number of ether oxygens (including phenoxy) is 1. The van der Waals surface area contributed by atoms with Crippen molar-refractivity contribution in [3.8, 4) is 5.75 Å². The number of hydrogen-bond donors (Lipinski definition) is 2. The van der Waals surface area contributed by atoms with Gasteiger partial charge in [-0.15, -0.1) is 10.2 Å². The maximum atomic E-state index is 12.4. The van der Waals surface area contributed by atoms with Crippen LogP contribution in [0.5, 0.6) is 5.75 Å². The fraction of sp³-hybridized carbons (Fsp3) is 0.250. The Balaban J connectivity index is 1.56. The molecule has 156 valence electrons. The minimum Gasteiger partial charge on any atom is -0.497 e. The second-order valence-corrected chi connectivity index (χ2v) is 7.71. The normalized spacial score (nSPS) is 11.6. The zero-order valence-electron chi connectivity index (χ0n) is 16.8. The van der Waals surface area contributed by atoms with Gasteiger partial charge >= 0.3 is 0 Å². The van der Waals surface area contributed by atoms with Gasteiger partial charge in [-0.05, 0) is 43.3 Å². The molecular formula is C20H22N6O3S. The molecule has 2 aromatic heterocycles. The molecule has 0 bridgehead atoms. The van der Waals surface area contributed by atoms with Crippen molar-refractivity contribution in [2.75, 3.05) is 17.7 Å². The van der Waals surface area contributed by atoms with E-state index in [1.165, 1.54) is 11.8 Å². The van der Waals surface area contributed by atoms with Gasteiger partial charge in [0.2, 0.25) is 11.8 Å². The van der Waals surface area contributed by atoms with Gasteiger partial charge in [-0.25, -0.2) is 0 Å². The second-order valence-electron chi connectivity index (χ2n) is 6.40. The average molecular weight is 427 g/mol. The summed E-state index contributed by atoms with van der Waals surface area (Å²) in [5.41, 5.74) is 1.29. The summed E-state index contributed by atoms with van der Waals surface area (Å²) in [5.74, 6) is 0.831. The van der Waals surface area contributed by atoms with E-state index in [9.17, 15) is 9.59 Å². The van der Waals surface area contributed by atoms with Crippen molar-refractivity contribution in [1.29, 1.82) is 0 Å². The van der Waals surface area contributed by atoms with Gasteiger partial charge in [0, 0.05) is 18.9 Å². The lowest BCUT2D eigenvalue weighted by Gasteiger charge is -2.11. The van der Waals surface area contributed by atoms with Crippen molar-refractivity contribution in [1.82, 2.24) is 19.7 Å². The SMILES string of the molecule is COc1ccc(NC(=O)Cc2nnc(S[C@H](C)C(=O)Nc3cccnc3)n2C)cc1. The predicted octanol–water partition coefficient (Wildman–Crippen LogP) is 2.52. The Hall–Kier alpha value is -3.40. The highest BCUT2D eigenvalue weighted by Gasteiger charge is 2.20. The van der Waals surface area contributed by atoms with Crippen molar-refractivity contribution < 1.29 is 14.3 Å². The number of amides is 2. The van der Waals surface area contributed by atoms with Crippen LogP contribution >= 0.6 is 11.8 Å². The van der Waals surface area contributed by atoms with Gasteiger partial charge in [-0.1, -0.05) is 11.8 Å². The van der Waals surface area contributed by atoms with E-state index in [1.807, 2.05) is 0 Å². The molecule has 1 aromatic carbocycles. The Bertz CT molecular complexity index is 1010. The van der Waals surface area contributed by atoms with E-state index >= 15 is 0 Å². The molecule has 10 heteroatoms. The maximum absolute atomic E-state index is 12.4. The van der Waals surface area contributed by atoms with E-state index in [2.05, 4.69) is 25.8 Å². The van der Waals surface area contributed by atoms with E-state index in [0.29, 0.717) is 28.1 Å². The molecule has 1 atom stereocenters. The molecule has 0 saturated carbocycles. The summed E-state index contributed by atoms with van der Waals surface area (Å²) in [6.07, 6.45) is 3.28. The molecular weight excluding hydrogens is 404 g/mol. The fourth-order valence-electron chi connectivity index (χ4n) is 2.52. The van der Waals surface area contributed by atoms with Crippen LogP contribution < -0.4 is 15.4 Å². The number of methoxy groups -OCH3 is 1. The Labute approximate surface area is 178 Å². The zero-order chi connectivity index (χ0) is 21.5. The standard InChI is InChI=1S/C20H22N6O3S/c1-13(19(28)23-15-5-4-10-21-12-15)30-20-25-24-17(26(20)2)11-18(27)22-14-6-8-16(29-3)9-7-14/h4-10,12-13H,11H2,1-3H3,(H,22,27)(H,23,28)/t13-/m1/s1. The van der Waals surface area contributed by atoms with E-state index < -0.39 is 5.25 Å². The summed E-state index contributed by atoms with van der Waals surface area (Å²) in [7, 11) is 3.35. The molecule has 0 radical (unpaired) electrons. The molecule has 0 aliphatic heterocycles. The Morgan fingerprint density at radius 3 is 2.57 bits per heavy atom. The summed E-state index contributed by atoms with van der Waals surface area (Å²) < 4.78 is 6.82. The van der Waals surface area contributed by atoms with E-state index in [4.69, 9.17) is 4.74 Å². The number of benzene rings is 1. The highest BCUT2D eigenvalue weighted by Crippen LogP contribution is 2.23. The lowest BCUT2D eigenvalue weighted by Crippen LogP contribution is -2.23. The van der Waals surface area contributed by atoms with E-state index in [1.54, 1.807) is 74.4 Å². The lowest BCUT2D eigenvalue weighted by atomic mass is 10.3. The van der Waals surface area contributed by atoms with Gasteiger partial charge in [0.15, 0.2) is 5.16 Å². The van der Waals surface area contributed by atoms with Crippen LogP contribution in [-0.4, -0.2) is 43.9 Å². The molecule has 2 N–H and O–H groups in total. The third-order valence-electron chi connectivity index (χ3n) is 4.20. The number of aromatic nitrogens is 4. The highest BCUT2D eigenvalue weighted by atomic mass is 32.2. The van der Waals surface area contributed by atoms with Crippen molar-refractivity contribution in [3.63, 3.8) is 0 Å². The summed E-state index contributed by atoms with van der Waals surface area (Å²) in [6, 6.07) is 10.6. The van der Waals surface area contributed by atoms with Crippen LogP contribution in [-0.2, 0) is 23.1 Å². The predicted molar refractivity (Wildman–Crippen MR) is 115 cm³/mol. The van der Waals surface area contributed by atoms with Crippen molar-refractivity contribution in [3.05, 3.63) is 54.6 Å². The van der Waals surface area contributed by atoms with Crippen LogP contribution in [0.1, 0.15) is 12.7 Å². The molecule has 0 aliphatic rings. The van der Waals surface area contributed by atoms with Gasteiger partial charge in [-0.3, -0.25) is 14.6 Å². The van der Waals surface area contributed by atoms with Gasteiger partial charge in [0.05, 0.1) is 30.7 Å². The molecule has 0 saturated heterocycles. The molecule has 2 heterocycles. The number of carbonyl (C=O) groups is 2. The van der Waals surface area contributed by atoms with Gasteiger partial charge in [0.25, 0.3) is 0 Å². The summed E-state index contributed by atoms with van der Waals surface area (Å²) in [4.78, 5) is 28.7. The van der Waals surface area contributed by atoms with Gasteiger partial charge < -0.3 is 19.9 Å². The molecule has 2 amide bonds. The van der Waals surface area contributed by atoms with Crippen molar-refractivity contribution in [2.24, 2.45) is 7.05 Å². The monoisotopic (exact) mass is 426 g/mol. The molecule has 0 unspecified atom stereocenters. The first-order valence-electron chi connectivity index (χ1n) is 9.16. The van der Waals surface area contributed by atoms with Crippen LogP contribution in [0.15, 0.2) is 53.9 Å². The Morgan fingerprint density at radius 1 is 1.13 bits per heavy atom. The second kappa shape index (κ2) is 9.88. The van der Waals surface area contributed by atoms with Crippen LogP contribution in [0.4, 0.5) is 11.4 Å². The minimum atomic E-state index is -0.408. The lowest BCUT2D eigenvalue weighted by molar-refractivity contribution is -0.116. The maximum Gasteiger partial charge on any atom is 0.237 e. The topological polar surface area (TPSA) is 111 Å². The largest absolute Gasteiger partial charge is 0.497 e. The summed E-state index contributed by atoms with van der Waals surface area (Å²) >= 11 is 1.26. The quantitative estimate of drug-likeness (QED) is 0.533. The number of rotatable bonds is 8. The smallest absolute Gasteiger partial charge is 0.237 e. The van der Waals surface area contributed by atoms with E-state index in [-0.39, 0.29) is 18.2 Å². The van der Waals surface area contributed by atoms with Crippen molar-refractivity contribution in [2.45, 2.75) is 23.8 Å². The number of nitrogens with zero attached hydrogens (tertiary/aromatic N) is 4. The highest BCUT2D eigenvalue weighted by molar-refractivity contribution is 8.00. The van der Waals surface area contributed by atoms with Crippen LogP contribution in [0.2, 0.25) is 0 Å². The third-order valence-corrected chi connectivity index (χ3v) is 5.33. The first-order chi connectivity index (χ1) is 14.5. The molecule has 30 heavy (non-hydrogen) atoms. The third kappa shape index (κ3) is 5.57. The van der Waals surface area contributed by atoms with Gasteiger partial charge in [0.1, 0.15) is 11.6 Å². The molecule has 0 aliphatic carbocycles. The van der Waals surface area contributed by atoms with Crippen LogP contribution in [0.25, 0.3) is 0 Å². The summed E-state index contributed by atoms with van der Waals surface area (Å²) in [6.45, 7) is 1.78. The molecule has 0 spiro atoms. The molecule has 3 aromatic rings.